The molecule has 0 atom stereocenters. The van der Waals surface area contributed by atoms with Gasteiger partial charge in [-0.05, 0) is 29.7 Å². The fourth-order valence-electron chi connectivity index (χ4n) is 1.77. The summed E-state index contributed by atoms with van der Waals surface area (Å²) in [6, 6.07) is 0.355. The Morgan fingerprint density at radius 3 is 2.85 bits per heavy atom. The van der Waals surface area contributed by atoms with Crippen LogP contribution in [0.15, 0.2) is 5.16 Å². The summed E-state index contributed by atoms with van der Waals surface area (Å²) in [5, 5.41) is 20.8. The van der Waals surface area contributed by atoms with E-state index in [4.69, 9.17) is 5.11 Å². The number of thioether (sulfide) groups is 1. The fraction of sp³-hybridized carbons (Fsp3) is 0.727. The van der Waals surface area contributed by atoms with E-state index in [0.29, 0.717) is 17.7 Å². The minimum absolute atomic E-state index is 0.153. The normalized spacial score (nSPS) is 14.2. The Hall–Kier alpha value is -1.64. The predicted octanol–water partition coefficient (Wildman–Crippen LogP) is 0.423. The Balaban J connectivity index is 1.89. The standard InChI is InChI=1S/C11H17N5O3S/c1-2-5-15(6-10(18)19)9(17)7-20-11-12-13-14-16(11)8-3-4-8/h8H,2-7H2,1H3,(H,18,19). The van der Waals surface area contributed by atoms with E-state index in [-0.39, 0.29) is 18.2 Å². The number of hydrogen-bond acceptors (Lipinski definition) is 6. The summed E-state index contributed by atoms with van der Waals surface area (Å²) in [7, 11) is 0. The molecular weight excluding hydrogens is 282 g/mol. The number of hydrogen-bond donors (Lipinski definition) is 1. The van der Waals surface area contributed by atoms with Crippen molar-refractivity contribution in [2.24, 2.45) is 0 Å². The van der Waals surface area contributed by atoms with E-state index in [0.717, 1.165) is 19.3 Å². The molecule has 1 N–H and O–H groups in total. The minimum Gasteiger partial charge on any atom is -0.480 e. The Labute approximate surface area is 120 Å². The van der Waals surface area contributed by atoms with Crippen LogP contribution in [0.25, 0.3) is 0 Å². The van der Waals surface area contributed by atoms with Gasteiger partial charge in [0.1, 0.15) is 6.54 Å². The lowest BCUT2D eigenvalue weighted by molar-refractivity contribution is -0.143. The molecule has 8 nitrogen and oxygen atoms in total. The average Bonchev–Trinajstić information content (AvgIpc) is 3.14. The van der Waals surface area contributed by atoms with Crippen LogP contribution in [0, 0.1) is 0 Å². The van der Waals surface area contributed by atoms with Crippen LogP contribution in [0.1, 0.15) is 32.2 Å². The molecule has 2 rings (SSSR count). The van der Waals surface area contributed by atoms with Gasteiger partial charge in [0.2, 0.25) is 11.1 Å². The monoisotopic (exact) mass is 299 g/mol. The summed E-state index contributed by atoms with van der Waals surface area (Å²) in [6.07, 6.45) is 2.85. The van der Waals surface area contributed by atoms with E-state index in [1.165, 1.54) is 16.7 Å². The molecule has 20 heavy (non-hydrogen) atoms. The first-order valence-corrected chi connectivity index (χ1v) is 7.50. The van der Waals surface area contributed by atoms with Gasteiger partial charge in [-0.25, -0.2) is 4.68 Å². The number of aliphatic carboxylic acids is 1. The maximum absolute atomic E-state index is 12.0. The molecule has 0 bridgehead atoms. The molecule has 1 heterocycles. The molecule has 9 heteroatoms. The van der Waals surface area contributed by atoms with E-state index in [1.807, 2.05) is 6.92 Å². The molecule has 1 aliphatic rings. The van der Waals surface area contributed by atoms with E-state index >= 15 is 0 Å². The summed E-state index contributed by atoms with van der Waals surface area (Å²) >= 11 is 1.25. The number of tetrazole rings is 1. The largest absolute Gasteiger partial charge is 0.480 e. The molecular formula is C11H17N5O3S. The van der Waals surface area contributed by atoms with Gasteiger partial charge in [0.25, 0.3) is 0 Å². The molecule has 0 saturated heterocycles. The van der Waals surface area contributed by atoms with E-state index in [9.17, 15) is 9.59 Å². The van der Waals surface area contributed by atoms with Crippen molar-refractivity contribution in [1.82, 2.24) is 25.1 Å². The lowest BCUT2D eigenvalue weighted by Gasteiger charge is -2.19. The highest BCUT2D eigenvalue weighted by atomic mass is 32.2. The summed E-state index contributed by atoms with van der Waals surface area (Å²) < 4.78 is 1.74. The zero-order chi connectivity index (χ0) is 14.5. The van der Waals surface area contributed by atoms with E-state index in [2.05, 4.69) is 15.5 Å². The lowest BCUT2D eigenvalue weighted by Crippen LogP contribution is -2.37. The topological polar surface area (TPSA) is 101 Å². The smallest absolute Gasteiger partial charge is 0.323 e. The molecule has 1 fully saturated rings. The predicted molar refractivity (Wildman–Crippen MR) is 71.3 cm³/mol. The number of aromatic nitrogens is 4. The SMILES string of the molecule is CCCN(CC(=O)O)C(=O)CSc1nnnn1C1CC1. The molecule has 0 radical (unpaired) electrons. The molecule has 1 amide bonds. The highest BCUT2D eigenvalue weighted by Crippen LogP contribution is 2.36. The van der Waals surface area contributed by atoms with Gasteiger partial charge >= 0.3 is 5.97 Å². The minimum atomic E-state index is -1.00. The molecule has 0 spiro atoms. The number of carboxylic acids is 1. The van der Waals surface area contributed by atoms with Crippen molar-refractivity contribution in [3.05, 3.63) is 0 Å². The summed E-state index contributed by atoms with van der Waals surface area (Å²) in [5.74, 6) is -1.05. The van der Waals surface area contributed by atoms with Gasteiger partial charge in [-0.2, -0.15) is 0 Å². The maximum Gasteiger partial charge on any atom is 0.323 e. The van der Waals surface area contributed by atoms with Crippen LogP contribution in [-0.4, -0.2) is 60.9 Å². The van der Waals surface area contributed by atoms with Crippen molar-refractivity contribution in [3.63, 3.8) is 0 Å². The van der Waals surface area contributed by atoms with Crippen molar-refractivity contribution in [2.45, 2.75) is 37.4 Å². The van der Waals surface area contributed by atoms with Crippen LogP contribution in [0.3, 0.4) is 0 Å². The van der Waals surface area contributed by atoms with Crippen LogP contribution >= 0.6 is 11.8 Å². The maximum atomic E-state index is 12.0. The van der Waals surface area contributed by atoms with Crippen molar-refractivity contribution in [2.75, 3.05) is 18.8 Å². The molecule has 1 saturated carbocycles. The van der Waals surface area contributed by atoms with Gasteiger partial charge in [0.05, 0.1) is 11.8 Å². The number of nitrogens with zero attached hydrogens (tertiary/aromatic N) is 5. The van der Waals surface area contributed by atoms with Crippen LogP contribution in [0.2, 0.25) is 0 Å². The summed E-state index contributed by atoms with van der Waals surface area (Å²) in [6.45, 7) is 2.09. The third-order valence-electron chi connectivity index (χ3n) is 2.85. The lowest BCUT2D eigenvalue weighted by atomic mass is 10.4. The third-order valence-corrected chi connectivity index (χ3v) is 3.77. The summed E-state index contributed by atoms with van der Waals surface area (Å²) in [5.41, 5.74) is 0. The molecule has 1 aromatic heterocycles. The first-order valence-electron chi connectivity index (χ1n) is 6.52. The van der Waals surface area contributed by atoms with E-state index < -0.39 is 5.97 Å². The second kappa shape index (κ2) is 6.69. The van der Waals surface area contributed by atoms with Crippen molar-refractivity contribution < 1.29 is 14.7 Å². The van der Waals surface area contributed by atoms with Gasteiger partial charge in [-0.15, -0.1) is 5.10 Å². The molecule has 1 aromatic rings. The van der Waals surface area contributed by atoms with Gasteiger partial charge in [0, 0.05) is 6.54 Å². The highest BCUT2D eigenvalue weighted by Gasteiger charge is 2.28. The van der Waals surface area contributed by atoms with Crippen LogP contribution in [-0.2, 0) is 9.59 Å². The second-order valence-electron chi connectivity index (χ2n) is 4.63. The fourth-order valence-corrected chi connectivity index (χ4v) is 2.62. The number of rotatable bonds is 8. The number of carbonyl (C=O) groups is 2. The number of carbonyl (C=O) groups excluding carboxylic acids is 1. The Bertz CT molecular complexity index is 488. The first-order chi connectivity index (χ1) is 9.61. The van der Waals surface area contributed by atoms with Crippen molar-refractivity contribution in [3.8, 4) is 0 Å². The highest BCUT2D eigenvalue weighted by molar-refractivity contribution is 7.99. The van der Waals surface area contributed by atoms with E-state index in [1.54, 1.807) is 4.68 Å². The zero-order valence-electron chi connectivity index (χ0n) is 11.2. The van der Waals surface area contributed by atoms with Gasteiger partial charge in [-0.3, -0.25) is 9.59 Å². The van der Waals surface area contributed by atoms with Crippen molar-refractivity contribution in [1.29, 1.82) is 0 Å². The Morgan fingerprint density at radius 2 is 2.25 bits per heavy atom. The first kappa shape index (κ1) is 14.8. The van der Waals surface area contributed by atoms with Crippen molar-refractivity contribution >= 4 is 23.6 Å². The average molecular weight is 299 g/mol. The Kier molecular flexibility index (Phi) is 4.94. The molecule has 0 aromatic carbocycles. The third kappa shape index (κ3) is 3.92. The zero-order valence-corrected chi connectivity index (χ0v) is 12.0. The Morgan fingerprint density at radius 1 is 1.50 bits per heavy atom. The molecule has 0 aliphatic heterocycles. The quantitative estimate of drug-likeness (QED) is 0.694. The number of carboxylic acid groups (broad SMARTS) is 1. The second-order valence-corrected chi connectivity index (χ2v) is 5.58. The molecule has 110 valence electrons. The van der Waals surface area contributed by atoms with Crippen LogP contribution in [0.4, 0.5) is 0 Å². The number of amides is 1. The van der Waals surface area contributed by atoms with Gasteiger partial charge in [0.15, 0.2) is 0 Å². The van der Waals surface area contributed by atoms with Gasteiger partial charge < -0.3 is 10.0 Å². The van der Waals surface area contributed by atoms with Crippen LogP contribution in [0.5, 0.6) is 0 Å². The molecule has 0 unspecified atom stereocenters. The molecule has 1 aliphatic carbocycles. The summed E-state index contributed by atoms with van der Waals surface area (Å²) in [4.78, 5) is 24.1. The van der Waals surface area contributed by atoms with Crippen LogP contribution < -0.4 is 0 Å². The van der Waals surface area contributed by atoms with Gasteiger partial charge in [-0.1, -0.05) is 18.7 Å².